The third kappa shape index (κ3) is 6.40. The number of hydrogen-bond acceptors (Lipinski definition) is 4. The Balaban J connectivity index is 2.45. The molecule has 0 spiro atoms. The topological polar surface area (TPSA) is 51.6 Å². The van der Waals surface area contributed by atoms with Crippen molar-refractivity contribution in [2.45, 2.75) is 102 Å². The van der Waals surface area contributed by atoms with Crippen molar-refractivity contribution in [3.63, 3.8) is 0 Å². The monoisotopic (exact) mass is 570 g/mol. The fourth-order valence-corrected chi connectivity index (χ4v) is 16.8. The first-order valence-electron chi connectivity index (χ1n) is 13.4. The maximum atomic E-state index is 4.81. The Bertz CT molecular complexity index is 1100. The first-order valence-corrected chi connectivity index (χ1v) is 22.5. The molecule has 8 heteroatoms. The molecule has 3 rings (SSSR count). The summed E-state index contributed by atoms with van der Waals surface area (Å²) in [7, 11) is -0.475. The number of aromatic nitrogens is 4. The highest BCUT2D eigenvalue weighted by Crippen LogP contribution is 2.64. The summed E-state index contributed by atoms with van der Waals surface area (Å²) in [4.78, 5) is 19.2. The molecule has 1 aliphatic rings. The smallest absolute Gasteiger partial charge is 0.150 e. The Hall–Kier alpha value is -1.07. The molecule has 0 bridgehead atoms. The second-order valence-corrected chi connectivity index (χ2v) is 29.6. The Morgan fingerprint density at radius 2 is 1.16 bits per heavy atom. The average Bonchev–Trinajstić information content (AvgIpc) is 3.17. The van der Waals surface area contributed by atoms with Gasteiger partial charge in [-0.2, -0.15) is 0 Å². The molecule has 0 fully saturated rings. The van der Waals surface area contributed by atoms with Crippen LogP contribution in [0.3, 0.4) is 0 Å². The van der Waals surface area contributed by atoms with Gasteiger partial charge in [-0.1, -0.05) is 106 Å². The van der Waals surface area contributed by atoms with Crippen molar-refractivity contribution in [2.24, 2.45) is 0 Å². The second kappa shape index (κ2) is 10.5. The van der Waals surface area contributed by atoms with E-state index in [0.717, 1.165) is 17.8 Å². The van der Waals surface area contributed by atoms with Crippen LogP contribution in [0, 0.1) is 0 Å². The zero-order valence-electron chi connectivity index (χ0n) is 25.1. The summed E-state index contributed by atoms with van der Waals surface area (Å²) in [6.45, 7) is 29.8. The minimum Gasteiger partial charge on any atom is -0.240 e. The molecule has 2 aromatic rings. The summed E-state index contributed by atoms with van der Waals surface area (Å²) in [5.74, 6) is 1.49. The fourth-order valence-electron chi connectivity index (χ4n) is 5.85. The quantitative estimate of drug-likeness (QED) is 0.248. The van der Waals surface area contributed by atoms with Gasteiger partial charge in [0.1, 0.15) is 16.8 Å². The van der Waals surface area contributed by atoms with Gasteiger partial charge in [-0.3, -0.25) is 0 Å². The normalized spacial score (nSPS) is 18.0. The Kier molecular flexibility index (Phi) is 8.64. The van der Waals surface area contributed by atoms with E-state index < -0.39 is 21.3 Å². The largest absolute Gasteiger partial charge is 0.240 e. The van der Waals surface area contributed by atoms with Crippen molar-refractivity contribution < 1.29 is 0 Å². The van der Waals surface area contributed by atoms with Crippen LogP contribution in [0.25, 0.3) is 0 Å². The van der Waals surface area contributed by atoms with Crippen LogP contribution in [-0.4, -0.2) is 52.6 Å². The highest BCUT2D eigenvalue weighted by molar-refractivity contribution is 7.61. The van der Waals surface area contributed by atoms with Crippen LogP contribution >= 0.6 is 17.2 Å². The van der Waals surface area contributed by atoms with Crippen LogP contribution in [0.2, 0.25) is 44.8 Å². The minimum absolute atomic E-state index is 0.230. The molecule has 2 atom stereocenters. The molecular weight excluding hydrogens is 522 g/mol. The standard InChI is InChI=1S/C29H48N4P2Si2/c1-27(2,3)35(28(4,5)6)20-21-22(19-23(36(7,8)9)24(21)37(10,11)12)29(34,25-30-15-13-16-31-25)26-32-17-14-18-33-26/h13-19,24H,20,34H2,1-12H3. The molecule has 1 aliphatic carbocycles. The molecular formula is C29H48N4P2Si2. The summed E-state index contributed by atoms with van der Waals surface area (Å²) in [6.07, 6.45) is 11.0. The highest BCUT2D eigenvalue weighted by Gasteiger charge is 2.50. The van der Waals surface area contributed by atoms with Gasteiger partial charge in [0, 0.05) is 24.8 Å². The SMILES string of the molecule is CC(C)(C)P(CC1=C(C(P)(c2ncccn2)c2ncccn2)C=C([Si](C)(C)C)C1[Si](C)(C)C)C(C)(C)C. The lowest BCUT2D eigenvalue weighted by molar-refractivity contribution is 0.702. The van der Waals surface area contributed by atoms with Crippen molar-refractivity contribution in [3.8, 4) is 0 Å². The Labute approximate surface area is 231 Å². The lowest BCUT2D eigenvalue weighted by Gasteiger charge is -2.45. The zero-order valence-corrected chi connectivity index (χ0v) is 29.2. The van der Waals surface area contributed by atoms with Gasteiger partial charge < -0.3 is 0 Å². The van der Waals surface area contributed by atoms with Crippen molar-refractivity contribution in [2.75, 3.05) is 6.16 Å². The second-order valence-electron chi connectivity index (χ2n) is 14.5. The van der Waals surface area contributed by atoms with Gasteiger partial charge >= 0.3 is 0 Å². The lowest BCUT2D eigenvalue weighted by atomic mass is 9.93. The van der Waals surface area contributed by atoms with E-state index >= 15 is 0 Å². The number of nitrogens with zero attached hydrogens (tertiary/aromatic N) is 4. The molecule has 0 aliphatic heterocycles. The number of rotatable bonds is 7. The predicted octanol–water partition coefficient (Wildman–Crippen LogP) is 8.29. The molecule has 0 amide bonds. The van der Waals surface area contributed by atoms with Gasteiger partial charge in [-0.05, 0) is 39.7 Å². The van der Waals surface area contributed by atoms with Crippen molar-refractivity contribution >= 4 is 33.3 Å². The average molecular weight is 571 g/mol. The van der Waals surface area contributed by atoms with Gasteiger partial charge in [0.05, 0.1) is 16.1 Å². The third-order valence-electron chi connectivity index (χ3n) is 7.25. The van der Waals surface area contributed by atoms with Gasteiger partial charge in [-0.15, -0.1) is 9.24 Å². The molecule has 4 nitrogen and oxygen atoms in total. The summed E-state index contributed by atoms with van der Waals surface area (Å²) in [5, 5.41) is 1.43. The maximum absolute atomic E-state index is 4.81. The van der Waals surface area contributed by atoms with Gasteiger partial charge in [-0.25, -0.2) is 19.9 Å². The minimum atomic E-state index is -1.64. The van der Waals surface area contributed by atoms with Crippen LogP contribution in [-0.2, 0) is 5.16 Å². The van der Waals surface area contributed by atoms with E-state index in [4.69, 9.17) is 19.9 Å². The summed E-state index contributed by atoms with van der Waals surface area (Å²) in [5.41, 5.74) is 3.43. The molecule has 0 saturated heterocycles. The van der Waals surface area contributed by atoms with Gasteiger partial charge in [0.15, 0.2) is 0 Å². The molecule has 37 heavy (non-hydrogen) atoms. The molecule has 0 N–H and O–H groups in total. The molecule has 0 saturated carbocycles. The van der Waals surface area contributed by atoms with Crippen molar-refractivity contribution in [1.82, 2.24) is 19.9 Å². The van der Waals surface area contributed by atoms with Crippen LogP contribution in [0.15, 0.2) is 59.3 Å². The van der Waals surface area contributed by atoms with E-state index in [1.54, 1.807) is 10.8 Å². The van der Waals surface area contributed by atoms with E-state index in [-0.39, 0.29) is 18.2 Å². The van der Waals surface area contributed by atoms with Crippen LogP contribution in [0.5, 0.6) is 0 Å². The molecule has 0 aromatic carbocycles. The van der Waals surface area contributed by atoms with Crippen LogP contribution in [0.4, 0.5) is 0 Å². The van der Waals surface area contributed by atoms with Gasteiger partial charge in [0.25, 0.3) is 0 Å². The first-order chi connectivity index (χ1) is 16.8. The van der Waals surface area contributed by atoms with E-state index in [9.17, 15) is 0 Å². The third-order valence-corrected chi connectivity index (χ3v) is 16.8. The Morgan fingerprint density at radius 3 is 1.49 bits per heavy atom. The summed E-state index contributed by atoms with van der Waals surface area (Å²) in [6, 6.07) is 3.77. The summed E-state index contributed by atoms with van der Waals surface area (Å²) < 4.78 is 0. The highest BCUT2D eigenvalue weighted by atomic mass is 31.1. The zero-order chi connectivity index (χ0) is 28.0. The molecule has 2 unspecified atom stereocenters. The molecule has 202 valence electrons. The molecule has 2 aromatic heterocycles. The van der Waals surface area contributed by atoms with E-state index in [0.29, 0.717) is 5.54 Å². The van der Waals surface area contributed by atoms with E-state index in [2.05, 4.69) is 96.1 Å². The van der Waals surface area contributed by atoms with Crippen molar-refractivity contribution in [1.29, 1.82) is 0 Å². The predicted molar refractivity (Wildman–Crippen MR) is 171 cm³/mol. The van der Waals surface area contributed by atoms with E-state index in [1.165, 1.54) is 5.57 Å². The van der Waals surface area contributed by atoms with Crippen LogP contribution < -0.4 is 0 Å². The molecule has 2 heterocycles. The summed E-state index contributed by atoms with van der Waals surface area (Å²) >= 11 is 0. The van der Waals surface area contributed by atoms with Crippen LogP contribution in [0.1, 0.15) is 53.2 Å². The van der Waals surface area contributed by atoms with E-state index in [1.807, 2.05) is 36.9 Å². The number of hydrogen-bond donors (Lipinski definition) is 0. The number of allylic oxidation sites excluding steroid dienone is 4. The van der Waals surface area contributed by atoms with Crippen molar-refractivity contribution in [3.05, 3.63) is 71.0 Å². The first kappa shape index (κ1) is 30.5. The molecule has 0 radical (unpaired) electrons. The maximum Gasteiger partial charge on any atom is 0.150 e. The lowest BCUT2D eigenvalue weighted by Crippen LogP contribution is -2.39. The fraction of sp³-hybridized carbons (Fsp3) is 0.586. The van der Waals surface area contributed by atoms with Gasteiger partial charge in [0.2, 0.25) is 0 Å². The Morgan fingerprint density at radius 1 is 0.757 bits per heavy atom.